The molecule has 0 saturated carbocycles. The van der Waals surface area contributed by atoms with Crippen LogP contribution in [0.25, 0.3) is 0 Å². The number of sulfonamides is 1. The molecule has 1 heterocycles. The summed E-state index contributed by atoms with van der Waals surface area (Å²) in [5.74, 6) is 0.534. The van der Waals surface area contributed by atoms with Crippen molar-refractivity contribution in [2.24, 2.45) is 0 Å². The number of pyridine rings is 1. The van der Waals surface area contributed by atoms with E-state index in [1.165, 1.54) is 24.5 Å². The van der Waals surface area contributed by atoms with Crippen LogP contribution in [0.5, 0.6) is 5.75 Å². The van der Waals surface area contributed by atoms with E-state index in [1.54, 1.807) is 24.3 Å². The van der Waals surface area contributed by atoms with Gasteiger partial charge in [-0.25, -0.2) is 21.6 Å². The lowest BCUT2D eigenvalue weighted by atomic mass is 10.2. The Kier molecular flexibility index (Phi) is 7.97. The fourth-order valence-electron chi connectivity index (χ4n) is 2.64. The summed E-state index contributed by atoms with van der Waals surface area (Å²) in [4.78, 5) is 4.08. The molecule has 28 heavy (non-hydrogen) atoms. The number of nitrogens with zero attached hydrogens (tertiary/aromatic N) is 1. The highest BCUT2D eigenvalue weighted by atomic mass is 32.2. The van der Waals surface area contributed by atoms with Gasteiger partial charge in [-0.2, -0.15) is 0 Å². The molecule has 1 aromatic heterocycles. The van der Waals surface area contributed by atoms with Crippen LogP contribution in [-0.4, -0.2) is 40.7 Å². The highest BCUT2D eigenvalue weighted by Crippen LogP contribution is 2.29. The van der Waals surface area contributed by atoms with Crippen LogP contribution in [0.3, 0.4) is 0 Å². The van der Waals surface area contributed by atoms with E-state index in [0.29, 0.717) is 24.3 Å². The zero-order valence-electron chi connectivity index (χ0n) is 16.0. The van der Waals surface area contributed by atoms with Gasteiger partial charge in [-0.3, -0.25) is 4.98 Å². The molecular formula is C19H26N2O5S2. The second kappa shape index (κ2) is 9.99. The van der Waals surface area contributed by atoms with Crippen LogP contribution in [-0.2, 0) is 19.9 Å². The molecule has 0 fully saturated rings. The van der Waals surface area contributed by atoms with E-state index in [1.807, 2.05) is 13.8 Å². The van der Waals surface area contributed by atoms with Gasteiger partial charge in [-0.1, -0.05) is 19.4 Å². The lowest BCUT2D eigenvalue weighted by Crippen LogP contribution is -2.33. The van der Waals surface area contributed by atoms with Crippen molar-refractivity contribution < 1.29 is 21.6 Å². The third-order valence-corrected chi connectivity index (χ3v) is 7.70. The first-order valence-corrected chi connectivity index (χ1v) is 12.3. The summed E-state index contributed by atoms with van der Waals surface area (Å²) in [5, 5.41) is -1.09. The molecule has 2 aromatic rings. The molecule has 1 atom stereocenters. The maximum Gasteiger partial charge on any atom is 0.211 e. The molecule has 2 rings (SSSR count). The first kappa shape index (κ1) is 22.3. The second-order valence-corrected chi connectivity index (χ2v) is 10.3. The maximum absolute atomic E-state index is 13.2. The van der Waals surface area contributed by atoms with Crippen LogP contribution >= 0.6 is 0 Å². The number of ether oxygens (including phenoxy) is 1. The van der Waals surface area contributed by atoms with Crippen LogP contribution in [0.15, 0.2) is 53.7 Å². The molecule has 1 aromatic carbocycles. The van der Waals surface area contributed by atoms with Crippen molar-refractivity contribution in [2.45, 2.75) is 36.8 Å². The van der Waals surface area contributed by atoms with Gasteiger partial charge in [0.05, 0.1) is 17.3 Å². The van der Waals surface area contributed by atoms with E-state index in [4.69, 9.17) is 4.74 Å². The van der Waals surface area contributed by atoms with Crippen molar-refractivity contribution >= 4 is 19.9 Å². The van der Waals surface area contributed by atoms with E-state index in [0.717, 1.165) is 6.42 Å². The minimum atomic E-state index is -3.85. The number of hydrogen-bond acceptors (Lipinski definition) is 6. The van der Waals surface area contributed by atoms with Gasteiger partial charge >= 0.3 is 0 Å². The van der Waals surface area contributed by atoms with E-state index in [2.05, 4.69) is 9.71 Å². The maximum atomic E-state index is 13.2. The van der Waals surface area contributed by atoms with Gasteiger partial charge in [0.2, 0.25) is 10.0 Å². The predicted molar refractivity (Wildman–Crippen MR) is 108 cm³/mol. The molecule has 154 valence electrons. The average Bonchev–Trinajstić information content (AvgIpc) is 2.68. The second-order valence-electron chi connectivity index (χ2n) is 6.25. The van der Waals surface area contributed by atoms with Gasteiger partial charge < -0.3 is 4.74 Å². The standard InChI is InChI=1S/C19H26N2O5S2/c1-3-5-13-27(22,23)21-15-19(16-7-6-12-20-14-16)28(24,25)18-10-8-17(9-11-18)26-4-2/h6-12,14,19,21H,3-5,13,15H2,1-2H3. The Balaban J connectivity index is 2.33. The van der Waals surface area contributed by atoms with Gasteiger partial charge in [0.15, 0.2) is 9.84 Å². The van der Waals surface area contributed by atoms with E-state index in [-0.39, 0.29) is 17.2 Å². The van der Waals surface area contributed by atoms with Crippen LogP contribution in [0.4, 0.5) is 0 Å². The zero-order valence-corrected chi connectivity index (χ0v) is 17.7. The molecular weight excluding hydrogens is 400 g/mol. The minimum Gasteiger partial charge on any atom is -0.494 e. The summed E-state index contributed by atoms with van der Waals surface area (Å²) in [7, 11) is -7.41. The lowest BCUT2D eigenvalue weighted by molar-refractivity contribution is 0.340. The average molecular weight is 427 g/mol. The molecule has 0 aliphatic heterocycles. The van der Waals surface area contributed by atoms with Gasteiger partial charge in [0, 0.05) is 18.9 Å². The summed E-state index contributed by atoms with van der Waals surface area (Å²) in [6.07, 6.45) is 4.22. The van der Waals surface area contributed by atoms with Gasteiger partial charge in [-0.15, -0.1) is 0 Å². The molecule has 0 spiro atoms. The van der Waals surface area contributed by atoms with Crippen molar-refractivity contribution in [3.05, 3.63) is 54.4 Å². The highest BCUT2D eigenvalue weighted by Gasteiger charge is 2.30. The number of sulfone groups is 1. The third-order valence-electron chi connectivity index (χ3n) is 4.15. The number of nitrogens with one attached hydrogen (secondary N) is 1. The molecule has 1 unspecified atom stereocenters. The summed E-state index contributed by atoms with van der Waals surface area (Å²) in [6, 6.07) is 9.36. The van der Waals surface area contributed by atoms with Crippen LogP contribution < -0.4 is 9.46 Å². The number of benzene rings is 1. The van der Waals surface area contributed by atoms with Crippen molar-refractivity contribution in [3.8, 4) is 5.75 Å². The Morgan fingerprint density at radius 3 is 2.36 bits per heavy atom. The summed E-state index contributed by atoms with van der Waals surface area (Å²) in [6.45, 7) is 3.95. The minimum absolute atomic E-state index is 0.0354. The SMILES string of the molecule is CCCCS(=O)(=O)NCC(c1cccnc1)S(=O)(=O)c1ccc(OCC)cc1. The van der Waals surface area contributed by atoms with E-state index >= 15 is 0 Å². The van der Waals surface area contributed by atoms with E-state index in [9.17, 15) is 16.8 Å². The third kappa shape index (κ3) is 6.02. The van der Waals surface area contributed by atoms with Gasteiger partial charge in [0.25, 0.3) is 0 Å². The predicted octanol–water partition coefficient (Wildman–Crippen LogP) is 2.71. The Bertz CT molecular complexity index is 944. The molecule has 9 heteroatoms. The fourth-order valence-corrected chi connectivity index (χ4v) is 5.62. The molecule has 7 nitrogen and oxygen atoms in total. The highest BCUT2D eigenvalue weighted by molar-refractivity contribution is 7.92. The monoisotopic (exact) mass is 426 g/mol. The molecule has 0 amide bonds. The molecule has 1 N–H and O–H groups in total. The number of unbranched alkanes of at least 4 members (excludes halogenated alkanes) is 1. The topological polar surface area (TPSA) is 102 Å². The number of hydrogen-bond donors (Lipinski definition) is 1. The van der Waals surface area contributed by atoms with Crippen LogP contribution in [0, 0.1) is 0 Å². The fraction of sp³-hybridized carbons (Fsp3) is 0.421. The van der Waals surface area contributed by atoms with Crippen LogP contribution in [0.2, 0.25) is 0 Å². The quantitative estimate of drug-likeness (QED) is 0.593. The van der Waals surface area contributed by atoms with Crippen LogP contribution in [0.1, 0.15) is 37.5 Å². The molecule has 0 radical (unpaired) electrons. The Hall–Kier alpha value is -1.97. The summed E-state index contributed by atoms with van der Waals surface area (Å²) < 4.78 is 58.6. The Labute approximate surface area is 167 Å². The first-order valence-electron chi connectivity index (χ1n) is 9.14. The smallest absolute Gasteiger partial charge is 0.211 e. The van der Waals surface area contributed by atoms with E-state index < -0.39 is 25.1 Å². The number of aromatic nitrogens is 1. The molecule has 0 aliphatic carbocycles. The molecule has 0 saturated heterocycles. The number of rotatable bonds is 11. The van der Waals surface area contributed by atoms with Crippen molar-refractivity contribution in [2.75, 3.05) is 18.9 Å². The zero-order chi connectivity index (χ0) is 20.6. The summed E-state index contributed by atoms with van der Waals surface area (Å²) in [5.41, 5.74) is 0.426. The lowest BCUT2D eigenvalue weighted by Gasteiger charge is -2.19. The largest absolute Gasteiger partial charge is 0.494 e. The van der Waals surface area contributed by atoms with Gasteiger partial charge in [-0.05, 0) is 49.2 Å². The Morgan fingerprint density at radius 2 is 1.79 bits per heavy atom. The van der Waals surface area contributed by atoms with Crippen molar-refractivity contribution in [1.82, 2.24) is 9.71 Å². The van der Waals surface area contributed by atoms with Gasteiger partial charge in [0.1, 0.15) is 11.0 Å². The Morgan fingerprint density at radius 1 is 1.07 bits per heavy atom. The summed E-state index contributed by atoms with van der Waals surface area (Å²) >= 11 is 0. The first-order chi connectivity index (χ1) is 13.3. The normalized spacial score (nSPS) is 13.2. The van der Waals surface area contributed by atoms with Crippen molar-refractivity contribution in [3.63, 3.8) is 0 Å². The van der Waals surface area contributed by atoms with Crippen molar-refractivity contribution in [1.29, 1.82) is 0 Å². The molecule has 0 bridgehead atoms. The molecule has 0 aliphatic rings.